The molecule has 0 aromatic carbocycles. The van der Waals surface area contributed by atoms with Crippen LogP contribution in [0.1, 0.15) is 12.8 Å². The topological polar surface area (TPSA) is 121 Å². The summed E-state index contributed by atoms with van der Waals surface area (Å²) in [6.07, 6.45) is 4.33. The van der Waals surface area contributed by atoms with Gasteiger partial charge >= 0.3 is 0 Å². The lowest BCUT2D eigenvalue weighted by Gasteiger charge is -2.02. The van der Waals surface area contributed by atoms with Crippen LogP contribution < -0.4 is 21.7 Å². The number of carbonyl (C=O) groups is 1. The third kappa shape index (κ3) is 12.4. The molecule has 0 aliphatic rings. The first-order valence-electron chi connectivity index (χ1n) is 6.03. The van der Waals surface area contributed by atoms with Crippen molar-refractivity contribution in [3.63, 3.8) is 0 Å². The van der Waals surface area contributed by atoms with Crippen molar-refractivity contribution in [1.82, 2.24) is 16.0 Å². The van der Waals surface area contributed by atoms with Crippen molar-refractivity contribution >= 4 is 12.2 Å². The summed E-state index contributed by atoms with van der Waals surface area (Å²) in [5, 5.41) is 16.5. The van der Waals surface area contributed by atoms with E-state index in [4.69, 9.17) is 15.6 Å². The number of ether oxygens (including phenoxy) is 1. The van der Waals surface area contributed by atoms with Crippen molar-refractivity contribution in [3.8, 4) is 0 Å². The summed E-state index contributed by atoms with van der Waals surface area (Å²) in [7, 11) is 1.65. The second kappa shape index (κ2) is 12.7. The van der Waals surface area contributed by atoms with Gasteiger partial charge in [0.25, 0.3) is 0 Å². The van der Waals surface area contributed by atoms with Crippen molar-refractivity contribution in [3.05, 3.63) is 12.0 Å². The minimum Gasteiger partial charge on any atom is -0.396 e. The van der Waals surface area contributed by atoms with Crippen LogP contribution in [0, 0.1) is 0 Å². The highest BCUT2D eigenvalue weighted by atomic mass is 16.5. The molecule has 0 aliphatic heterocycles. The molecule has 0 saturated heterocycles. The van der Waals surface area contributed by atoms with Gasteiger partial charge in [0.2, 0.25) is 5.91 Å². The Morgan fingerprint density at radius 3 is 2.95 bits per heavy atom. The molecule has 0 heterocycles. The van der Waals surface area contributed by atoms with Crippen LogP contribution in [0.3, 0.4) is 0 Å². The largest absolute Gasteiger partial charge is 0.396 e. The Balaban J connectivity index is 3.45. The third-order valence-electron chi connectivity index (χ3n) is 1.98. The molecule has 0 aromatic heterocycles. The second-order valence-electron chi connectivity index (χ2n) is 3.57. The number of nitrogens with two attached hydrogens (primary N) is 1. The van der Waals surface area contributed by atoms with E-state index in [1.165, 1.54) is 12.5 Å². The molecule has 0 bridgehead atoms. The van der Waals surface area contributed by atoms with Gasteiger partial charge in [-0.1, -0.05) is 0 Å². The van der Waals surface area contributed by atoms with Gasteiger partial charge in [-0.25, -0.2) is 0 Å². The highest BCUT2D eigenvalue weighted by Crippen LogP contribution is 1.86. The smallest absolute Gasteiger partial charge is 0.245 e. The van der Waals surface area contributed by atoms with Crippen LogP contribution in [0.15, 0.2) is 17.0 Å². The van der Waals surface area contributed by atoms with Gasteiger partial charge in [0.1, 0.15) is 19.1 Å². The summed E-state index contributed by atoms with van der Waals surface area (Å²) in [4.78, 5) is 15.1. The van der Waals surface area contributed by atoms with Gasteiger partial charge in [0.15, 0.2) is 0 Å². The number of aliphatic imine (C=N–C) groups is 1. The number of rotatable bonds is 11. The summed E-state index contributed by atoms with van der Waals surface area (Å²) >= 11 is 0. The predicted octanol–water partition coefficient (Wildman–Crippen LogP) is -1.56. The fourth-order valence-corrected chi connectivity index (χ4v) is 0.953. The molecule has 0 saturated carbocycles. The molecule has 19 heavy (non-hydrogen) atoms. The lowest BCUT2D eigenvalue weighted by molar-refractivity contribution is -0.118. The van der Waals surface area contributed by atoms with E-state index >= 15 is 0 Å². The Labute approximate surface area is 113 Å². The molecule has 0 fully saturated rings. The van der Waals surface area contributed by atoms with Crippen LogP contribution in [0.25, 0.3) is 0 Å². The molecular weight excluding hydrogens is 250 g/mol. The molecule has 1 amide bonds. The molecule has 0 aromatic rings. The summed E-state index contributed by atoms with van der Waals surface area (Å²) in [6, 6.07) is 0. The lowest BCUT2D eigenvalue weighted by atomic mass is 10.3. The number of nitrogens with zero attached hydrogens (tertiary/aromatic N) is 1. The first-order chi connectivity index (χ1) is 9.20. The second-order valence-corrected chi connectivity index (χ2v) is 3.57. The van der Waals surface area contributed by atoms with Gasteiger partial charge in [-0.3, -0.25) is 9.79 Å². The normalized spacial score (nSPS) is 11.6. The highest BCUT2D eigenvalue weighted by molar-refractivity contribution is 5.80. The number of nitrogens with one attached hydrogen (secondary N) is 3. The number of unbranched alkanes of at least 4 members (excludes halogenated alkanes) is 1. The Bertz CT molecular complexity index is 294. The van der Waals surface area contributed by atoms with Crippen LogP contribution in [-0.2, 0) is 9.53 Å². The van der Waals surface area contributed by atoms with Gasteiger partial charge in [0.05, 0.1) is 6.34 Å². The average molecular weight is 273 g/mol. The summed E-state index contributed by atoms with van der Waals surface area (Å²) in [5.74, 6) is 0.104. The van der Waals surface area contributed by atoms with Crippen LogP contribution in [0.4, 0.5) is 0 Å². The van der Waals surface area contributed by atoms with E-state index in [9.17, 15) is 4.79 Å². The molecule has 0 radical (unpaired) electrons. The first-order valence-corrected chi connectivity index (χ1v) is 6.03. The van der Waals surface area contributed by atoms with Gasteiger partial charge in [-0.05, 0) is 12.8 Å². The summed E-state index contributed by atoms with van der Waals surface area (Å²) in [5.41, 5.74) is 5.42. The summed E-state index contributed by atoms with van der Waals surface area (Å²) in [6.45, 7) is 1.09. The van der Waals surface area contributed by atoms with E-state index < -0.39 is 0 Å². The molecule has 8 heteroatoms. The number of hydrogen-bond donors (Lipinski definition) is 5. The maximum Gasteiger partial charge on any atom is 0.245 e. The zero-order valence-electron chi connectivity index (χ0n) is 11.2. The molecule has 0 unspecified atom stereocenters. The number of aliphatic hydroxyl groups is 1. The van der Waals surface area contributed by atoms with Crippen molar-refractivity contribution in [2.45, 2.75) is 12.8 Å². The number of hydrogen-bond acceptors (Lipinski definition) is 6. The van der Waals surface area contributed by atoms with Gasteiger partial charge < -0.3 is 31.5 Å². The highest BCUT2D eigenvalue weighted by Gasteiger charge is 1.95. The molecule has 0 aliphatic carbocycles. The minimum absolute atomic E-state index is 0.00497. The molecule has 0 rings (SSSR count). The molecule has 110 valence electrons. The van der Waals surface area contributed by atoms with Crippen molar-refractivity contribution in [2.24, 2.45) is 10.7 Å². The van der Waals surface area contributed by atoms with Crippen LogP contribution in [-0.4, -0.2) is 50.9 Å². The molecule has 8 nitrogen and oxygen atoms in total. The quantitative estimate of drug-likeness (QED) is 0.134. The van der Waals surface area contributed by atoms with E-state index in [1.54, 1.807) is 7.05 Å². The van der Waals surface area contributed by atoms with Gasteiger partial charge in [-0.15, -0.1) is 0 Å². The van der Waals surface area contributed by atoms with E-state index in [0.29, 0.717) is 19.2 Å². The van der Waals surface area contributed by atoms with Crippen LogP contribution in [0.2, 0.25) is 0 Å². The van der Waals surface area contributed by atoms with E-state index in [-0.39, 0.29) is 19.1 Å². The van der Waals surface area contributed by atoms with Crippen LogP contribution in [0.5, 0.6) is 0 Å². The first kappa shape index (κ1) is 17.2. The number of amides is 1. The SMILES string of the molecule is CN/C(N)=C/NC(=O)CN=CNCOCCCCO. The zero-order valence-corrected chi connectivity index (χ0v) is 11.2. The van der Waals surface area contributed by atoms with Gasteiger partial charge in [0, 0.05) is 26.5 Å². The number of carbonyl (C=O) groups excluding carboxylic acids is 1. The zero-order chi connectivity index (χ0) is 14.3. The molecular formula is C11H23N5O3. The minimum atomic E-state index is -0.264. The van der Waals surface area contributed by atoms with Crippen molar-refractivity contribution < 1.29 is 14.6 Å². The van der Waals surface area contributed by atoms with E-state index in [1.807, 2.05) is 0 Å². The Morgan fingerprint density at radius 2 is 2.26 bits per heavy atom. The Kier molecular flexibility index (Phi) is 11.5. The fraction of sp³-hybridized carbons (Fsp3) is 0.636. The third-order valence-corrected chi connectivity index (χ3v) is 1.98. The van der Waals surface area contributed by atoms with Gasteiger partial charge in [-0.2, -0.15) is 0 Å². The molecule has 0 spiro atoms. The maximum atomic E-state index is 11.2. The van der Waals surface area contributed by atoms with Crippen LogP contribution >= 0.6 is 0 Å². The average Bonchev–Trinajstić information content (AvgIpc) is 2.42. The standard InChI is InChI=1S/C11H23N5O3/c1-13-10(12)6-16-11(18)7-14-8-15-9-19-5-3-2-4-17/h6,8,13,17H,2-5,7,9,12H2,1H3,(H,14,15)(H,16,18)/b10-6+. The van der Waals surface area contributed by atoms with E-state index in [0.717, 1.165) is 12.8 Å². The number of aliphatic hydroxyl groups excluding tert-OH is 1. The van der Waals surface area contributed by atoms with E-state index in [2.05, 4.69) is 20.9 Å². The Morgan fingerprint density at radius 1 is 1.47 bits per heavy atom. The lowest BCUT2D eigenvalue weighted by Crippen LogP contribution is -2.25. The monoisotopic (exact) mass is 273 g/mol. The molecule has 0 atom stereocenters. The fourth-order valence-electron chi connectivity index (χ4n) is 0.953. The maximum absolute atomic E-state index is 11.2. The summed E-state index contributed by atoms with van der Waals surface area (Å²) < 4.78 is 5.19. The Hall–Kier alpha value is -1.80. The van der Waals surface area contributed by atoms with Crippen molar-refractivity contribution in [1.29, 1.82) is 0 Å². The predicted molar refractivity (Wildman–Crippen MR) is 73.1 cm³/mol. The molecule has 6 N–H and O–H groups in total. The van der Waals surface area contributed by atoms with Crippen molar-refractivity contribution in [2.75, 3.05) is 33.5 Å².